The van der Waals surface area contributed by atoms with Crippen LogP contribution in [0, 0.1) is 0 Å². The fraction of sp³-hybridized carbons (Fsp3) is 0.625. The van der Waals surface area contributed by atoms with Crippen LogP contribution in [0.4, 0.5) is 0 Å². The largest absolute Gasteiger partial charge is 0.494 e. The average molecular weight is 279 g/mol. The lowest BCUT2D eigenvalue weighted by atomic mass is 10.1. The monoisotopic (exact) mass is 279 g/mol. The van der Waals surface area contributed by atoms with Crippen molar-refractivity contribution in [1.29, 1.82) is 0 Å². The Morgan fingerprint density at radius 2 is 2.15 bits per heavy atom. The Balaban J connectivity index is 2.00. The first-order valence-electron chi connectivity index (χ1n) is 7.48. The second-order valence-corrected chi connectivity index (χ2v) is 5.01. The van der Waals surface area contributed by atoms with Crippen LogP contribution in [0.15, 0.2) is 12.1 Å². The van der Waals surface area contributed by atoms with Gasteiger partial charge in [0.1, 0.15) is 17.6 Å². The fourth-order valence-electron chi connectivity index (χ4n) is 2.42. The summed E-state index contributed by atoms with van der Waals surface area (Å²) in [5.74, 6) is 1.97. The second-order valence-electron chi connectivity index (χ2n) is 5.01. The van der Waals surface area contributed by atoms with Crippen LogP contribution in [0.5, 0.6) is 11.5 Å². The molecular weight excluding hydrogens is 254 g/mol. The SMILES string of the molecule is CCOCCNCc1cc2c(cc1OCC)CC(C)O2. The van der Waals surface area contributed by atoms with Crippen molar-refractivity contribution in [3.05, 3.63) is 23.3 Å². The first-order chi connectivity index (χ1) is 9.74. The number of nitrogens with one attached hydrogen (secondary N) is 1. The standard InChI is InChI=1S/C16H25NO3/c1-4-18-7-6-17-11-14-10-16-13(8-12(3)20-16)9-15(14)19-5-2/h9-10,12,17H,4-8,11H2,1-3H3. The number of hydrogen-bond donors (Lipinski definition) is 1. The van der Waals surface area contributed by atoms with Gasteiger partial charge < -0.3 is 19.5 Å². The van der Waals surface area contributed by atoms with Gasteiger partial charge in [0.25, 0.3) is 0 Å². The van der Waals surface area contributed by atoms with E-state index in [0.717, 1.165) is 49.8 Å². The molecule has 0 bridgehead atoms. The number of rotatable bonds is 8. The lowest BCUT2D eigenvalue weighted by molar-refractivity contribution is 0.149. The number of benzene rings is 1. The fourth-order valence-corrected chi connectivity index (χ4v) is 2.42. The maximum Gasteiger partial charge on any atom is 0.124 e. The van der Waals surface area contributed by atoms with Gasteiger partial charge in [0.2, 0.25) is 0 Å². The van der Waals surface area contributed by atoms with Gasteiger partial charge in [-0.05, 0) is 32.9 Å². The van der Waals surface area contributed by atoms with Gasteiger partial charge in [0, 0.05) is 37.2 Å². The van der Waals surface area contributed by atoms with Crippen molar-refractivity contribution in [3.63, 3.8) is 0 Å². The predicted octanol–water partition coefficient (Wildman–Crippen LogP) is 2.53. The van der Waals surface area contributed by atoms with Crippen LogP contribution < -0.4 is 14.8 Å². The lowest BCUT2D eigenvalue weighted by Gasteiger charge is -2.13. The first-order valence-corrected chi connectivity index (χ1v) is 7.48. The summed E-state index contributed by atoms with van der Waals surface area (Å²) in [6.45, 7) is 9.91. The molecule has 0 aromatic heterocycles. The molecule has 0 radical (unpaired) electrons. The van der Waals surface area contributed by atoms with Crippen molar-refractivity contribution >= 4 is 0 Å². The lowest BCUT2D eigenvalue weighted by Crippen LogP contribution is -2.19. The van der Waals surface area contributed by atoms with E-state index >= 15 is 0 Å². The zero-order chi connectivity index (χ0) is 14.4. The molecule has 1 aliphatic heterocycles. The summed E-state index contributed by atoms with van der Waals surface area (Å²) >= 11 is 0. The van der Waals surface area contributed by atoms with Crippen LogP contribution >= 0.6 is 0 Å². The molecule has 2 rings (SSSR count). The molecule has 0 spiro atoms. The summed E-state index contributed by atoms with van der Waals surface area (Å²) in [6.07, 6.45) is 1.23. The third-order valence-electron chi connectivity index (χ3n) is 3.32. The van der Waals surface area contributed by atoms with Crippen molar-refractivity contribution in [2.75, 3.05) is 26.4 Å². The maximum absolute atomic E-state index is 5.82. The van der Waals surface area contributed by atoms with Gasteiger partial charge in [-0.25, -0.2) is 0 Å². The summed E-state index contributed by atoms with van der Waals surface area (Å²) in [5.41, 5.74) is 2.40. The van der Waals surface area contributed by atoms with E-state index in [1.807, 2.05) is 13.8 Å². The van der Waals surface area contributed by atoms with E-state index in [0.29, 0.717) is 6.61 Å². The molecule has 1 aromatic rings. The summed E-state index contributed by atoms with van der Waals surface area (Å²) in [6, 6.07) is 4.24. The quantitative estimate of drug-likeness (QED) is 0.742. The average Bonchev–Trinajstić information content (AvgIpc) is 2.78. The first kappa shape index (κ1) is 15.1. The molecule has 0 fully saturated rings. The minimum absolute atomic E-state index is 0.264. The summed E-state index contributed by atoms with van der Waals surface area (Å²) < 4.78 is 16.9. The van der Waals surface area contributed by atoms with Gasteiger partial charge in [0.15, 0.2) is 0 Å². The molecule has 0 amide bonds. The Morgan fingerprint density at radius 3 is 2.90 bits per heavy atom. The Bertz CT molecular complexity index is 434. The van der Waals surface area contributed by atoms with Crippen LogP contribution in [-0.2, 0) is 17.7 Å². The van der Waals surface area contributed by atoms with E-state index in [-0.39, 0.29) is 6.10 Å². The predicted molar refractivity (Wildman–Crippen MR) is 79.6 cm³/mol. The molecule has 20 heavy (non-hydrogen) atoms. The zero-order valence-corrected chi connectivity index (χ0v) is 12.7. The smallest absolute Gasteiger partial charge is 0.124 e. The highest BCUT2D eigenvalue weighted by Crippen LogP contribution is 2.35. The molecule has 0 aliphatic carbocycles. The van der Waals surface area contributed by atoms with E-state index in [1.54, 1.807) is 0 Å². The molecule has 4 nitrogen and oxygen atoms in total. The third-order valence-corrected chi connectivity index (χ3v) is 3.32. The molecule has 1 unspecified atom stereocenters. The zero-order valence-electron chi connectivity index (χ0n) is 12.7. The van der Waals surface area contributed by atoms with Gasteiger partial charge in [-0.3, -0.25) is 0 Å². The highest BCUT2D eigenvalue weighted by molar-refractivity contribution is 5.48. The van der Waals surface area contributed by atoms with Gasteiger partial charge in [-0.1, -0.05) is 0 Å². The number of fused-ring (bicyclic) bond motifs is 1. The van der Waals surface area contributed by atoms with Crippen LogP contribution in [-0.4, -0.2) is 32.5 Å². The molecule has 1 aromatic carbocycles. The van der Waals surface area contributed by atoms with Crippen molar-refractivity contribution in [3.8, 4) is 11.5 Å². The maximum atomic E-state index is 5.82. The normalized spacial score (nSPS) is 16.9. The minimum atomic E-state index is 0.264. The van der Waals surface area contributed by atoms with E-state index in [4.69, 9.17) is 14.2 Å². The van der Waals surface area contributed by atoms with Crippen molar-refractivity contribution in [1.82, 2.24) is 5.32 Å². The number of ether oxygens (including phenoxy) is 3. The van der Waals surface area contributed by atoms with Crippen molar-refractivity contribution in [2.45, 2.75) is 39.8 Å². The number of hydrogen-bond acceptors (Lipinski definition) is 4. The summed E-state index contributed by atoms with van der Waals surface area (Å²) in [7, 11) is 0. The van der Waals surface area contributed by atoms with Gasteiger partial charge in [-0.15, -0.1) is 0 Å². The Labute approximate surface area is 121 Å². The molecule has 1 heterocycles. The second kappa shape index (κ2) is 7.50. The van der Waals surface area contributed by atoms with Crippen LogP contribution in [0.3, 0.4) is 0 Å². The van der Waals surface area contributed by atoms with Crippen LogP contribution in [0.25, 0.3) is 0 Å². The molecule has 1 N–H and O–H groups in total. The highest BCUT2D eigenvalue weighted by atomic mass is 16.5. The summed E-state index contributed by atoms with van der Waals surface area (Å²) in [4.78, 5) is 0. The third kappa shape index (κ3) is 3.87. The summed E-state index contributed by atoms with van der Waals surface area (Å²) in [5, 5.41) is 3.38. The van der Waals surface area contributed by atoms with E-state index in [9.17, 15) is 0 Å². The van der Waals surface area contributed by atoms with Gasteiger partial charge in [-0.2, -0.15) is 0 Å². The van der Waals surface area contributed by atoms with Gasteiger partial charge >= 0.3 is 0 Å². The van der Waals surface area contributed by atoms with Crippen LogP contribution in [0.1, 0.15) is 31.9 Å². The van der Waals surface area contributed by atoms with Gasteiger partial charge in [0.05, 0.1) is 13.2 Å². The highest BCUT2D eigenvalue weighted by Gasteiger charge is 2.21. The molecular formula is C16H25NO3. The molecule has 112 valence electrons. The van der Waals surface area contributed by atoms with E-state index in [1.165, 1.54) is 5.56 Å². The molecule has 1 atom stereocenters. The van der Waals surface area contributed by atoms with Crippen molar-refractivity contribution in [2.24, 2.45) is 0 Å². The van der Waals surface area contributed by atoms with Crippen molar-refractivity contribution < 1.29 is 14.2 Å². The minimum Gasteiger partial charge on any atom is -0.494 e. The van der Waals surface area contributed by atoms with E-state index < -0.39 is 0 Å². The molecule has 1 aliphatic rings. The Kier molecular flexibility index (Phi) is 5.68. The Morgan fingerprint density at radius 1 is 1.30 bits per heavy atom. The van der Waals surface area contributed by atoms with Crippen LogP contribution in [0.2, 0.25) is 0 Å². The van der Waals surface area contributed by atoms with E-state index in [2.05, 4.69) is 24.4 Å². The Hall–Kier alpha value is -1.26. The molecule has 0 saturated heterocycles. The molecule has 0 saturated carbocycles. The topological polar surface area (TPSA) is 39.7 Å². The molecule has 4 heteroatoms.